The molecule has 0 heterocycles. The van der Waals surface area contributed by atoms with Crippen LogP contribution in [0.4, 0.5) is 0 Å². The number of hydrogen-bond acceptors (Lipinski definition) is 1. The molecule has 0 aliphatic heterocycles. The van der Waals surface area contributed by atoms with Crippen LogP contribution in [-0.4, -0.2) is 11.1 Å². The van der Waals surface area contributed by atoms with Gasteiger partial charge in [-0.2, -0.15) is 0 Å². The minimum Gasteiger partial charge on any atom is -0.478 e. The monoisotopic (exact) mass is 124 g/mol. The summed E-state index contributed by atoms with van der Waals surface area (Å²) in [6, 6.07) is 0. The molecule has 0 aromatic carbocycles. The number of aliphatic carboxylic acids is 1. The quantitative estimate of drug-likeness (QED) is 0.509. The third kappa shape index (κ3) is 9.27. The van der Waals surface area contributed by atoms with Gasteiger partial charge < -0.3 is 5.11 Å². The van der Waals surface area contributed by atoms with Crippen LogP contribution in [0.5, 0.6) is 0 Å². The van der Waals surface area contributed by atoms with Crippen LogP contribution < -0.4 is 0 Å². The first kappa shape index (κ1) is 9.22. The smallest absolute Gasteiger partial charge is 0.327 e. The van der Waals surface area contributed by atoms with Crippen molar-refractivity contribution in [2.24, 2.45) is 0 Å². The summed E-state index contributed by atoms with van der Waals surface area (Å²) in [5.41, 5.74) is 0. The van der Waals surface area contributed by atoms with E-state index in [0.29, 0.717) is 0 Å². The predicted octanol–water partition coefficient (Wildman–Crippen LogP) is 0.254. The summed E-state index contributed by atoms with van der Waals surface area (Å²) in [5, 5.41) is 7.60. The van der Waals surface area contributed by atoms with Crippen molar-refractivity contribution in [1.29, 1.82) is 0 Å². The van der Waals surface area contributed by atoms with Gasteiger partial charge in [-0.25, -0.2) is 4.79 Å². The standard InChI is InChI=1S/C3H4O2.Cr/c1-2-3(4)5;/h2H,1H2,(H,4,5);. The van der Waals surface area contributed by atoms with E-state index >= 15 is 0 Å². The topological polar surface area (TPSA) is 37.3 Å². The van der Waals surface area contributed by atoms with Gasteiger partial charge in [-0.05, 0) is 0 Å². The molecule has 0 fully saturated rings. The van der Waals surface area contributed by atoms with Crippen molar-refractivity contribution >= 4 is 5.97 Å². The maximum absolute atomic E-state index is 9.25. The Hall–Kier alpha value is -0.258. The predicted molar refractivity (Wildman–Crippen MR) is 17.8 cm³/mol. The van der Waals surface area contributed by atoms with E-state index < -0.39 is 5.97 Å². The van der Waals surface area contributed by atoms with Gasteiger partial charge in [0, 0.05) is 23.4 Å². The molecule has 0 aliphatic rings. The van der Waals surface area contributed by atoms with Gasteiger partial charge in [0.1, 0.15) is 0 Å². The van der Waals surface area contributed by atoms with Crippen LogP contribution in [0.15, 0.2) is 12.7 Å². The Morgan fingerprint density at radius 1 is 1.83 bits per heavy atom. The van der Waals surface area contributed by atoms with Gasteiger partial charge in [0.15, 0.2) is 0 Å². The maximum atomic E-state index is 9.25. The maximum Gasteiger partial charge on any atom is 0.327 e. The van der Waals surface area contributed by atoms with Gasteiger partial charge in [-0.3, -0.25) is 0 Å². The van der Waals surface area contributed by atoms with Crippen molar-refractivity contribution in [3.05, 3.63) is 12.7 Å². The van der Waals surface area contributed by atoms with Gasteiger partial charge >= 0.3 is 5.97 Å². The molecule has 34 valence electrons. The number of carboxylic acid groups (broad SMARTS) is 1. The van der Waals surface area contributed by atoms with Gasteiger partial charge in [0.25, 0.3) is 0 Å². The second-order valence-electron chi connectivity index (χ2n) is 0.542. The summed E-state index contributed by atoms with van der Waals surface area (Å²) in [4.78, 5) is 9.25. The molecular weight excluding hydrogens is 120 g/mol. The Morgan fingerprint density at radius 3 is 2.00 bits per heavy atom. The Labute approximate surface area is 46.6 Å². The zero-order valence-corrected chi connectivity index (χ0v) is 4.32. The van der Waals surface area contributed by atoms with E-state index in [2.05, 4.69) is 6.58 Å². The Morgan fingerprint density at radius 2 is 2.00 bits per heavy atom. The van der Waals surface area contributed by atoms with Crippen molar-refractivity contribution in [2.45, 2.75) is 0 Å². The van der Waals surface area contributed by atoms with Crippen LogP contribution in [0.3, 0.4) is 0 Å². The van der Waals surface area contributed by atoms with Gasteiger partial charge in [0.2, 0.25) is 0 Å². The zero-order valence-electron chi connectivity index (χ0n) is 3.05. The van der Waals surface area contributed by atoms with E-state index in [4.69, 9.17) is 5.11 Å². The van der Waals surface area contributed by atoms with Crippen molar-refractivity contribution < 1.29 is 27.3 Å². The molecule has 3 heteroatoms. The molecule has 0 saturated carbocycles. The minimum atomic E-state index is -0.981. The molecule has 0 radical (unpaired) electrons. The average molecular weight is 124 g/mol. The van der Waals surface area contributed by atoms with E-state index in [1.807, 2.05) is 0 Å². The summed E-state index contributed by atoms with van der Waals surface area (Å²) in [6.07, 6.45) is 0.833. The molecule has 0 aromatic rings. The molecule has 2 nitrogen and oxygen atoms in total. The first-order valence-corrected chi connectivity index (χ1v) is 1.12. The number of rotatable bonds is 1. The Balaban J connectivity index is 0. The van der Waals surface area contributed by atoms with E-state index in [-0.39, 0.29) is 17.4 Å². The molecule has 0 aromatic heterocycles. The van der Waals surface area contributed by atoms with Crippen LogP contribution in [-0.2, 0) is 22.2 Å². The average Bonchev–Trinajstić information content (AvgIpc) is 1.38. The first-order valence-electron chi connectivity index (χ1n) is 1.12. The molecule has 6 heavy (non-hydrogen) atoms. The Kier molecular flexibility index (Phi) is 7.29. The zero-order chi connectivity index (χ0) is 4.28. The molecule has 0 spiro atoms. The molecule has 0 saturated heterocycles. The summed E-state index contributed by atoms with van der Waals surface area (Å²) in [7, 11) is 0. The fraction of sp³-hybridized carbons (Fsp3) is 0. The third-order valence-electron chi connectivity index (χ3n) is 0.175. The molecule has 0 aliphatic carbocycles. The number of carboxylic acids is 1. The van der Waals surface area contributed by atoms with Gasteiger partial charge in [0.05, 0.1) is 0 Å². The molecule has 0 bridgehead atoms. The largest absolute Gasteiger partial charge is 0.478 e. The summed E-state index contributed by atoms with van der Waals surface area (Å²) >= 11 is 0. The summed E-state index contributed by atoms with van der Waals surface area (Å²) in [5.74, 6) is -0.981. The van der Waals surface area contributed by atoms with E-state index in [0.717, 1.165) is 6.08 Å². The molecule has 0 atom stereocenters. The fourth-order valence-corrected chi connectivity index (χ4v) is 0. The van der Waals surface area contributed by atoms with Crippen molar-refractivity contribution in [3.63, 3.8) is 0 Å². The fourth-order valence-electron chi connectivity index (χ4n) is 0. The SMILES string of the molecule is C=CC(=O)O.[Cr]. The molecule has 0 amide bonds. The van der Waals surface area contributed by atoms with E-state index in [1.165, 1.54) is 0 Å². The minimum absolute atomic E-state index is 0. The summed E-state index contributed by atoms with van der Waals surface area (Å²) < 4.78 is 0. The van der Waals surface area contributed by atoms with Crippen LogP contribution in [0.2, 0.25) is 0 Å². The number of hydrogen-bond donors (Lipinski definition) is 1. The number of carbonyl (C=O) groups is 1. The van der Waals surface area contributed by atoms with Crippen LogP contribution in [0, 0.1) is 0 Å². The van der Waals surface area contributed by atoms with Crippen LogP contribution in [0.1, 0.15) is 0 Å². The van der Waals surface area contributed by atoms with E-state index in [9.17, 15) is 4.79 Å². The molecule has 0 unspecified atom stereocenters. The van der Waals surface area contributed by atoms with Gasteiger partial charge in [-0.1, -0.05) is 6.58 Å². The van der Waals surface area contributed by atoms with E-state index in [1.54, 1.807) is 0 Å². The molecular formula is C3H4CrO2. The molecule has 1 N–H and O–H groups in total. The second-order valence-corrected chi connectivity index (χ2v) is 0.542. The Bertz CT molecular complexity index is 59.8. The van der Waals surface area contributed by atoms with Crippen molar-refractivity contribution in [1.82, 2.24) is 0 Å². The molecule has 0 rings (SSSR count). The third-order valence-corrected chi connectivity index (χ3v) is 0.175. The first-order chi connectivity index (χ1) is 2.27. The second kappa shape index (κ2) is 4.74. The van der Waals surface area contributed by atoms with Crippen molar-refractivity contribution in [2.75, 3.05) is 0 Å². The van der Waals surface area contributed by atoms with Gasteiger partial charge in [-0.15, -0.1) is 0 Å². The van der Waals surface area contributed by atoms with Crippen LogP contribution >= 0.6 is 0 Å². The van der Waals surface area contributed by atoms with Crippen molar-refractivity contribution in [3.8, 4) is 0 Å². The normalized spacial score (nSPS) is 5.33. The summed E-state index contributed by atoms with van der Waals surface area (Å²) in [6.45, 7) is 2.96. The van der Waals surface area contributed by atoms with Crippen LogP contribution in [0.25, 0.3) is 0 Å².